The van der Waals surface area contributed by atoms with Crippen LogP contribution in [0.3, 0.4) is 0 Å². The molecule has 2 aromatic rings. The molecule has 0 atom stereocenters. The first-order chi connectivity index (χ1) is 15.5. The number of rotatable bonds is 7. The predicted molar refractivity (Wildman–Crippen MR) is 121 cm³/mol. The van der Waals surface area contributed by atoms with Crippen molar-refractivity contribution in [2.24, 2.45) is 5.92 Å². The highest BCUT2D eigenvalue weighted by atomic mass is 127. The number of alkyl halides is 3. The second kappa shape index (κ2) is 12.2. The molecule has 3 rings (SSSR count). The summed E-state index contributed by atoms with van der Waals surface area (Å²) in [6.45, 7) is 3.15. The first kappa shape index (κ1) is 28.4. The van der Waals surface area contributed by atoms with Crippen molar-refractivity contribution in [1.29, 1.82) is 0 Å². The lowest BCUT2D eigenvalue weighted by Gasteiger charge is -2.40. The lowest BCUT2D eigenvalue weighted by molar-refractivity contribution is -0.928. The summed E-state index contributed by atoms with van der Waals surface area (Å²) in [5.41, 5.74) is 0.200. The molecule has 5 nitrogen and oxygen atoms in total. The largest absolute Gasteiger partial charge is 1.00 e. The van der Waals surface area contributed by atoms with Crippen LogP contribution in [0.2, 0.25) is 5.02 Å². The van der Waals surface area contributed by atoms with E-state index in [1.54, 1.807) is 0 Å². The van der Waals surface area contributed by atoms with Gasteiger partial charge >= 0.3 is 6.18 Å². The van der Waals surface area contributed by atoms with Gasteiger partial charge in [0.15, 0.2) is 0 Å². The Labute approximate surface area is 219 Å². The van der Waals surface area contributed by atoms with Crippen molar-refractivity contribution >= 4 is 23.4 Å². The molecule has 34 heavy (non-hydrogen) atoms. The van der Waals surface area contributed by atoms with E-state index in [0.717, 1.165) is 54.1 Å². The summed E-state index contributed by atoms with van der Waals surface area (Å²) in [5.74, 6) is -0.729. The van der Waals surface area contributed by atoms with Crippen LogP contribution in [0.25, 0.3) is 0 Å². The molecule has 2 N–H and O–H groups in total. The van der Waals surface area contributed by atoms with Crippen LogP contribution in [-0.2, 0) is 17.5 Å². The zero-order chi connectivity index (χ0) is 24.1. The first-order valence-electron chi connectivity index (χ1n) is 10.8. The van der Waals surface area contributed by atoms with Crippen LogP contribution >= 0.6 is 11.6 Å². The Kier molecular flexibility index (Phi) is 10.2. The van der Waals surface area contributed by atoms with E-state index < -0.39 is 17.6 Å². The van der Waals surface area contributed by atoms with Crippen molar-refractivity contribution in [3.05, 3.63) is 70.2 Å². The summed E-state index contributed by atoms with van der Waals surface area (Å²) in [7, 11) is 2.23. The lowest BCUT2D eigenvalue weighted by Crippen LogP contribution is -3.00. The lowest BCUT2D eigenvalue weighted by atomic mass is 9.94. The number of nitrogens with one attached hydrogen (secondary N) is 2. The van der Waals surface area contributed by atoms with Gasteiger partial charge in [-0.3, -0.25) is 9.59 Å². The van der Waals surface area contributed by atoms with Crippen molar-refractivity contribution in [1.82, 2.24) is 10.6 Å². The number of nitrogens with zero attached hydrogens (tertiary/aromatic N) is 1. The highest BCUT2D eigenvalue weighted by molar-refractivity contribution is 6.30. The highest BCUT2D eigenvalue weighted by Crippen LogP contribution is 2.29. The van der Waals surface area contributed by atoms with Crippen molar-refractivity contribution in [3.63, 3.8) is 0 Å². The number of likely N-dealkylation sites (tertiary alicyclic amines) is 1. The van der Waals surface area contributed by atoms with E-state index in [2.05, 4.69) is 17.7 Å². The summed E-state index contributed by atoms with van der Waals surface area (Å²) < 4.78 is 39.3. The molecule has 1 fully saturated rings. The molecule has 186 valence electrons. The van der Waals surface area contributed by atoms with Gasteiger partial charge < -0.3 is 39.1 Å². The average molecular weight is 610 g/mol. The predicted octanol–water partition coefficient (Wildman–Crippen LogP) is 1.27. The molecule has 1 aliphatic rings. The van der Waals surface area contributed by atoms with E-state index in [1.807, 2.05) is 24.3 Å². The van der Waals surface area contributed by atoms with Gasteiger partial charge in [-0.25, -0.2) is 0 Å². The average Bonchev–Trinajstić information content (AvgIpc) is 2.78. The number of halogens is 5. The Morgan fingerprint density at radius 2 is 1.71 bits per heavy atom. The monoisotopic (exact) mass is 609 g/mol. The number of quaternary nitrogens is 1. The van der Waals surface area contributed by atoms with Crippen LogP contribution in [-0.4, -0.2) is 49.5 Å². The van der Waals surface area contributed by atoms with Gasteiger partial charge in [0, 0.05) is 35.5 Å². The molecule has 2 amide bonds. The number of piperidine rings is 1. The van der Waals surface area contributed by atoms with Crippen molar-refractivity contribution in [2.75, 3.05) is 33.2 Å². The molecule has 1 heterocycles. The number of amides is 2. The van der Waals surface area contributed by atoms with E-state index in [4.69, 9.17) is 11.6 Å². The molecule has 1 aliphatic heterocycles. The van der Waals surface area contributed by atoms with E-state index in [9.17, 15) is 22.8 Å². The summed E-state index contributed by atoms with van der Waals surface area (Å²) in [6, 6.07) is 12.0. The fourth-order valence-electron chi connectivity index (χ4n) is 4.06. The number of hydrogen-bond donors (Lipinski definition) is 2. The maximum Gasteiger partial charge on any atom is 0.416 e. The van der Waals surface area contributed by atoms with Gasteiger partial charge in [-0.05, 0) is 36.2 Å². The summed E-state index contributed by atoms with van der Waals surface area (Å²) >= 11 is 5.96. The maximum atomic E-state index is 12.8. The van der Waals surface area contributed by atoms with E-state index in [-0.39, 0.29) is 42.0 Å². The minimum Gasteiger partial charge on any atom is -1.00 e. The van der Waals surface area contributed by atoms with Crippen molar-refractivity contribution in [2.45, 2.75) is 25.6 Å². The molecule has 10 heteroatoms. The SMILES string of the molecule is C[N+]1(Cc2ccc(Cl)cc2)CCC(CNC(=O)CNC(=O)c2cccc(C(F)(F)F)c2)CC1.[I-]. The van der Waals surface area contributed by atoms with Crippen LogP contribution in [0.1, 0.15) is 34.3 Å². The van der Waals surface area contributed by atoms with Gasteiger partial charge in [0.1, 0.15) is 6.54 Å². The van der Waals surface area contributed by atoms with Gasteiger partial charge in [0.2, 0.25) is 5.91 Å². The van der Waals surface area contributed by atoms with E-state index in [0.29, 0.717) is 12.5 Å². The van der Waals surface area contributed by atoms with Gasteiger partial charge in [-0.1, -0.05) is 29.8 Å². The third-order valence-corrected chi connectivity index (χ3v) is 6.33. The van der Waals surface area contributed by atoms with Crippen molar-refractivity contribution in [3.8, 4) is 0 Å². The van der Waals surface area contributed by atoms with Crippen LogP contribution in [0.15, 0.2) is 48.5 Å². The van der Waals surface area contributed by atoms with E-state index in [1.165, 1.54) is 17.7 Å². The van der Waals surface area contributed by atoms with Crippen LogP contribution in [0.5, 0.6) is 0 Å². The third-order valence-electron chi connectivity index (χ3n) is 6.08. The first-order valence-corrected chi connectivity index (χ1v) is 11.2. The highest BCUT2D eigenvalue weighted by Gasteiger charge is 2.31. The zero-order valence-electron chi connectivity index (χ0n) is 18.8. The van der Waals surface area contributed by atoms with Gasteiger partial charge in [-0.2, -0.15) is 13.2 Å². The van der Waals surface area contributed by atoms with Crippen molar-refractivity contribution < 1.29 is 51.2 Å². The summed E-state index contributed by atoms with van der Waals surface area (Å²) in [5, 5.41) is 5.93. The summed E-state index contributed by atoms with van der Waals surface area (Å²) in [4.78, 5) is 24.2. The standard InChI is InChI=1S/C24H27ClF3N3O2.HI/c1-31(16-18-5-7-21(25)8-6-18)11-9-17(10-12-31)14-29-22(32)15-30-23(33)19-3-2-4-20(13-19)24(26,27)28;/h2-8,13,17H,9-12,14-16H2,1H3,(H-,29,30,32,33);1H. The molecule has 2 aromatic carbocycles. The second-order valence-electron chi connectivity index (χ2n) is 8.86. The normalized spacial score (nSPS) is 20.2. The quantitative estimate of drug-likeness (QED) is 0.367. The number of benzene rings is 2. The molecular formula is C24H28ClF3IN3O2. The zero-order valence-corrected chi connectivity index (χ0v) is 21.7. The molecule has 0 spiro atoms. The topological polar surface area (TPSA) is 58.2 Å². The summed E-state index contributed by atoms with van der Waals surface area (Å²) in [6.07, 6.45) is -2.58. The van der Waals surface area contributed by atoms with Gasteiger partial charge in [-0.15, -0.1) is 0 Å². The van der Waals surface area contributed by atoms with Gasteiger partial charge in [0.25, 0.3) is 5.91 Å². The molecule has 0 aromatic heterocycles. The second-order valence-corrected chi connectivity index (χ2v) is 9.30. The maximum absolute atomic E-state index is 12.8. The molecule has 0 unspecified atom stereocenters. The fraction of sp³-hybridized carbons (Fsp3) is 0.417. The van der Waals surface area contributed by atoms with Gasteiger partial charge in [0.05, 0.1) is 32.2 Å². The van der Waals surface area contributed by atoms with Crippen LogP contribution in [0, 0.1) is 5.92 Å². The molecular weight excluding hydrogens is 582 g/mol. The number of hydrogen-bond acceptors (Lipinski definition) is 2. The third kappa shape index (κ3) is 8.42. The molecule has 0 bridgehead atoms. The minimum atomic E-state index is -4.53. The Balaban J connectivity index is 0.00000408. The number of carbonyl (C=O) groups is 2. The Morgan fingerprint density at radius 1 is 1.06 bits per heavy atom. The molecule has 0 radical (unpaired) electrons. The van der Waals surface area contributed by atoms with Crippen LogP contribution in [0.4, 0.5) is 13.2 Å². The molecule has 0 saturated carbocycles. The van der Waals surface area contributed by atoms with E-state index >= 15 is 0 Å². The Bertz CT molecular complexity index is 978. The van der Waals surface area contributed by atoms with Crippen LogP contribution < -0.4 is 34.6 Å². The number of carbonyl (C=O) groups excluding carboxylic acids is 2. The molecule has 0 aliphatic carbocycles. The Hall–Kier alpha value is -1.85. The molecule has 1 saturated heterocycles. The Morgan fingerprint density at radius 3 is 2.32 bits per heavy atom. The fourth-order valence-corrected chi connectivity index (χ4v) is 4.18. The minimum absolute atomic E-state index is 0. The smallest absolute Gasteiger partial charge is 0.416 e.